The van der Waals surface area contributed by atoms with E-state index in [2.05, 4.69) is 57.6 Å². The van der Waals surface area contributed by atoms with Crippen LogP contribution in [0.4, 0.5) is 17.1 Å². The Hall–Kier alpha value is -3.46. The van der Waals surface area contributed by atoms with E-state index in [1.165, 1.54) is 19.3 Å². The van der Waals surface area contributed by atoms with Crippen LogP contribution in [0.2, 0.25) is 0 Å². The molecule has 3 aromatic carbocycles. The van der Waals surface area contributed by atoms with Crippen molar-refractivity contribution < 1.29 is 23.7 Å². The summed E-state index contributed by atoms with van der Waals surface area (Å²) < 4.78 is 24.5. The minimum Gasteiger partial charge on any atom is -0.456 e. The van der Waals surface area contributed by atoms with Crippen LogP contribution in [0.25, 0.3) is 0 Å². The van der Waals surface area contributed by atoms with Gasteiger partial charge in [0.2, 0.25) is 0 Å². The number of nitrogens with zero attached hydrogens (tertiary/aromatic N) is 2. The van der Waals surface area contributed by atoms with Gasteiger partial charge >= 0.3 is 5.97 Å². The molecule has 0 aromatic heterocycles. The highest BCUT2D eigenvalue weighted by Gasteiger charge is 2.54. The summed E-state index contributed by atoms with van der Waals surface area (Å²) >= 11 is 5.72. The van der Waals surface area contributed by atoms with Crippen molar-refractivity contribution >= 4 is 34.6 Å². The molecule has 244 valence electrons. The standard InChI is InChI=1S/C37H44ClN3O5/c38-14-3-1-2-4-20-43-22-23-44-21-5-15-39-27-8-11-30-33(24-27)37(46-36(30)42)31-12-9-28(40-16-6-17-40)25-34(31)45-35-26-29(10-13-32(35)37)41-18-7-19-41/h8-13,24-26,39H,1-7,14-23H2. The van der Waals surface area contributed by atoms with Crippen LogP contribution >= 0.6 is 11.6 Å². The van der Waals surface area contributed by atoms with Gasteiger partial charge in [0.25, 0.3) is 0 Å². The topological polar surface area (TPSA) is 72.5 Å². The predicted octanol–water partition coefficient (Wildman–Crippen LogP) is 7.31. The molecule has 0 saturated carbocycles. The van der Waals surface area contributed by atoms with Gasteiger partial charge in [0, 0.05) is 97.7 Å². The number of hydrogen-bond acceptors (Lipinski definition) is 8. The molecular formula is C37H44ClN3O5. The first kappa shape index (κ1) is 31.2. The first-order chi connectivity index (χ1) is 22.7. The summed E-state index contributed by atoms with van der Waals surface area (Å²) in [4.78, 5) is 18.2. The fourth-order valence-corrected chi connectivity index (χ4v) is 6.92. The maximum Gasteiger partial charge on any atom is 0.340 e. The summed E-state index contributed by atoms with van der Waals surface area (Å²) in [5.74, 6) is 1.90. The molecule has 46 heavy (non-hydrogen) atoms. The second kappa shape index (κ2) is 14.1. The zero-order chi connectivity index (χ0) is 31.3. The average Bonchev–Trinajstić information content (AvgIpc) is 3.29. The second-order valence-electron chi connectivity index (χ2n) is 12.6. The number of anilines is 3. The molecule has 2 saturated heterocycles. The summed E-state index contributed by atoms with van der Waals surface area (Å²) in [7, 11) is 0. The molecule has 2 fully saturated rings. The first-order valence-corrected chi connectivity index (χ1v) is 17.5. The quantitative estimate of drug-likeness (QED) is 0.0988. The Bertz CT molecular complexity index is 1480. The van der Waals surface area contributed by atoms with E-state index < -0.39 is 5.60 Å². The van der Waals surface area contributed by atoms with Crippen LogP contribution < -0.4 is 19.9 Å². The van der Waals surface area contributed by atoms with Gasteiger partial charge in [-0.2, -0.15) is 0 Å². The number of carbonyl (C=O) groups is 1. The van der Waals surface area contributed by atoms with E-state index in [0.29, 0.717) is 25.4 Å². The van der Waals surface area contributed by atoms with E-state index in [1.54, 1.807) is 0 Å². The summed E-state index contributed by atoms with van der Waals surface area (Å²) in [6, 6.07) is 18.6. The SMILES string of the molecule is O=C1OC2(c3ccc(N4CCC4)cc3Oc3cc(N4CCC4)ccc32)c2cc(NCCCOCCOCCCCCCCl)ccc21. The third kappa shape index (κ3) is 6.15. The fourth-order valence-electron chi connectivity index (χ4n) is 6.73. The van der Waals surface area contributed by atoms with Gasteiger partial charge in [-0.05, 0) is 74.6 Å². The van der Waals surface area contributed by atoms with Gasteiger partial charge in [0.05, 0.1) is 18.8 Å². The number of esters is 1. The molecule has 4 aliphatic rings. The van der Waals surface area contributed by atoms with Crippen LogP contribution in [0.15, 0.2) is 54.6 Å². The van der Waals surface area contributed by atoms with Gasteiger partial charge in [-0.25, -0.2) is 4.79 Å². The van der Waals surface area contributed by atoms with E-state index in [-0.39, 0.29) is 5.97 Å². The minimum atomic E-state index is -1.08. The van der Waals surface area contributed by atoms with Crippen molar-refractivity contribution in [1.29, 1.82) is 0 Å². The predicted molar refractivity (Wildman–Crippen MR) is 182 cm³/mol. The molecular weight excluding hydrogens is 602 g/mol. The number of nitrogens with one attached hydrogen (secondary N) is 1. The molecule has 0 aliphatic carbocycles. The molecule has 3 aromatic rings. The smallest absolute Gasteiger partial charge is 0.340 e. The van der Waals surface area contributed by atoms with E-state index in [4.69, 9.17) is 30.5 Å². The highest BCUT2D eigenvalue weighted by atomic mass is 35.5. The molecule has 0 unspecified atom stereocenters. The van der Waals surface area contributed by atoms with Crippen molar-refractivity contribution in [1.82, 2.24) is 0 Å². The Kier molecular flexibility index (Phi) is 9.56. The Morgan fingerprint density at radius 3 is 1.96 bits per heavy atom. The fraction of sp³-hybridized carbons (Fsp3) is 0.486. The van der Waals surface area contributed by atoms with Crippen LogP contribution in [0.1, 0.15) is 72.0 Å². The van der Waals surface area contributed by atoms with Crippen LogP contribution in [0.3, 0.4) is 0 Å². The number of fused-ring (bicyclic) bond motifs is 6. The number of rotatable bonds is 16. The van der Waals surface area contributed by atoms with E-state index in [9.17, 15) is 4.79 Å². The third-order valence-corrected chi connectivity index (χ3v) is 9.82. The molecule has 0 amide bonds. The number of carbonyl (C=O) groups excluding carboxylic acids is 1. The summed E-state index contributed by atoms with van der Waals surface area (Å²) in [6.45, 7) is 7.57. The van der Waals surface area contributed by atoms with Crippen LogP contribution in [-0.4, -0.2) is 71.0 Å². The van der Waals surface area contributed by atoms with Gasteiger partial charge in [-0.3, -0.25) is 0 Å². The Morgan fingerprint density at radius 2 is 1.35 bits per heavy atom. The molecule has 9 heteroatoms. The molecule has 0 atom stereocenters. The van der Waals surface area contributed by atoms with E-state index in [1.807, 2.05) is 12.1 Å². The minimum absolute atomic E-state index is 0.315. The highest BCUT2D eigenvalue weighted by molar-refractivity contribution is 6.17. The molecule has 1 N–H and O–H groups in total. The second-order valence-corrected chi connectivity index (χ2v) is 13.0. The normalized spacial score (nSPS) is 17.0. The number of benzene rings is 3. The zero-order valence-corrected chi connectivity index (χ0v) is 27.3. The van der Waals surface area contributed by atoms with Crippen molar-refractivity contribution in [2.75, 3.05) is 80.1 Å². The maximum atomic E-state index is 13.5. The summed E-state index contributed by atoms with van der Waals surface area (Å²) in [5, 5.41) is 3.54. The number of unbranched alkanes of at least 4 members (excludes halogenated alkanes) is 3. The van der Waals surface area contributed by atoms with Crippen molar-refractivity contribution in [3.63, 3.8) is 0 Å². The highest BCUT2D eigenvalue weighted by Crippen LogP contribution is 2.57. The lowest BCUT2D eigenvalue weighted by Crippen LogP contribution is -2.38. The van der Waals surface area contributed by atoms with Crippen molar-refractivity contribution in [2.45, 2.75) is 50.5 Å². The van der Waals surface area contributed by atoms with Gasteiger partial charge in [0.1, 0.15) is 11.5 Å². The van der Waals surface area contributed by atoms with Gasteiger partial charge < -0.3 is 34.1 Å². The van der Waals surface area contributed by atoms with E-state index in [0.717, 1.165) is 116 Å². The molecule has 1 spiro atoms. The average molecular weight is 646 g/mol. The molecule has 0 bridgehead atoms. The maximum absolute atomic E-state index is 13.5. The van der Waals surface area contributed by atoms with Crippen LogP contribution in [0.5, 0.6) is 11.5 Å². The lowest BCUT2D eigenvalue weighted by molar-refractivity contribution is 0.0224. The van der Waals surface area contributed by atoms with Crippen molar-refractivity contribution in [3.05, 3.63) is 76.9 Å². The molecule has 7 rings (SSSR count). The molecule has 0 radical (unpaired) electrons. The van der Waals surface area contributed by atoms with Gasteiger partial charge in [0.15, 0.2) is 5.60 Å². The summed E-state index contributed by atoms with van der Waals surface area (Å²) in [5.41, 5.74) is 5.28. The number of ether oxygens (including phenoxy) is 4. The number of alkyl halides is 1. The molecule has 4 aliphatic heterocycles. The van der Waals surface area contributed by atoms with Crippen LogP contribution in [0, 0.1) is 0 Å². The summed E-state index contributed by atoms with van der Waals surface area (Å²) in [6.07, 6.45) is 7.72. The number of hydrogen-bond donors (Lipinski definition) is 1. The van der Waals surface area contributed by atoms with Crippen molar-refractivity contribution in [3.8, 4) is 11.5 Å². The van der Waals surface area contributed by atoms with Crippen molar-refractivity contribution in [2.24, 2.45) is 0 Å². The Balaban J connectivity index is 1.05. The van der Waals surface area contributed by atoms with Gasteiger partial charge in [-0.1, -0.05) is 12.8 Å². The Morgan fingerprint density at radius 1 is 0.717 bits per heavy atom. The largest absolute Gasteiger partial charge is 0.456 e. The monoisotopic (exact) mass is 645 g/mol. The number of halogens is 1. The van der Waals surface area contributed by atoms with Crippen LogP contribution in [-0.2, 0) is 19.8 Å². The van der Waals surface area contributed by atoms with Gasteiger partial charge in [-0.15, -0.1) is 11.6 Å². The zero-order valence-electron chi connectivity index (χ0n) is 26.5. The third-order valence-electron chi connectivity index (χ3n) is 9.55. The van der Waals surface area contributed by atoms with E-state index >= 15 is 0 Å². The lowest BCUT2D eigenvalue weighted by Gasteiger charge is -2.39. The molecule has 4 heterocycles. The first-order valence-electron chi connectivity index (χ1n) is 17.0. The Labute approximate surface area is 276 Å². The molecule has 8 nitrogen and oxygen atoms in total. The lowest BCUT2D eigenvalue weighted by atomic mass is 9.77.